The van der Waals surface area contributed by atoms with Gasteiger partial charge in [-0.3, -0.25) is 4.72 Å². The molecule has 0 aromatic heterocycles. The van der Waals surface area contributed by atoms with Crippen LogP contribution in [-0.4, -0.2) is 26.8 Å². The first-order chi connectivity index (χ1) is 8.80. The van der Waals surface area contributed by atoms with Gasteiger partial charge in [-0.15, -0.1) is 0 Å². The molecule has 0 bridgehead atoms. The predicted molar refractivity (Wildman–Crippen MR) is 81.1 cm³/mol. The molecule has 0 spiro atoms. The van der Waals surface area contributed by atoms with Crippen molar-refractivity contribution in [2.75, 3.05) is 17.0 Å². The van der Waals surface area contributed by atoms with Gasteiger partial charge < -0.3 is 5.32 Å². The molecule has 0 radical (unpaired) electrons. The number of nitrogens with one attached hydrogen (secondary N) is 2. The van der Waals surface area contributed by atoms with Crippen molar-refractivity contribution in [2.24, 2.45) is 0 Å². The quantitative estimate of drug-likeness (QED) is 0.809. The number of rotatable bonds is 7. The van der Waals surface area contributed by atoms with Gasteiger partial charge in [0.2, 0.25) is 10.0 Å². The molecule has 1 aromatic rings. The first-order valence-electron chi connectivity index (χ1n) is 6.64. The fraction of sp³-hybridized carbons (Fsp3) is 0.571. The highest BCUT2D eigenvalue weighted by Gasteiger charge is 2.11. The third-order valence-electron chi connectivity index (χ3n) is 2.75. The molecule has 0 amide bonds. The molecule has 0 saturated carbocycles. The number of hydrogen-bond acceptors (Lipinski definition) is 3. The van der Waals surface area contributed by atoms with Crippen LogP contribution in [0.2, 0.25) is 0 Å². The summed E-state index contributed by atoms with van der Waals surface area (Å²) in [6, 6.07) is 7.83. The van der Waals surface area contributed by atoms with E-state index in [1.165, 1.54) is 0 Å². The van der Waals surface area contributed by atoms with Gasteiger partial charge in [-0.1, -0.05) is 39.8 Å². The Morgan fingerprint density at radius 3 is 2.42 bits per heavy atom. The minimum Gasteiger partial charge on any atom is -0.313 e. The minimum absolute atomic E-state index is 0.0804. The maximum Gasteiger partial charge on any atom is 0.233 e. The van der Waals surface area contributed by atoms with Crippen molar-refractivity contribution in [3.8, 4) is 0 Å². The van der Waals surface area contributed by atoms with Crippen molar-refractivity contribution in [3.63, 3.8) is 0 Å². The second kappa shape index (κ2) is 6.91. The van der Waals surface area contributed by atoms with Gasteiger partial charge >= 0.3 is 0 Å². The van der Waals surface area contributed by atoms with E-state index in [0.29, 0.717) is 24.2 Å². The van der Waals surface area contributed by atoms with Crippen LogP contribution in [0.5, 0.6) is 0 Å². The Labute approximate surface area is 116 Å². The summed E-state index contributed by atoms with van der Waals surface area (Å²) in [6.07, 6.45) is 0. The molecule has 1 rings (SSSR count). The fourth-order valence-corrected chi connectivity index (χ4v) is 2.65. The van der Waals surface area contributed by atoms with Crippen molar-refractivity contribution in [1.29, 1.82) is 0 Å². The van der Waals surface area contributed by atoms with E-state index in [9.17, 15) is 8.42 Å². The number of sulfonamides is 1. The highest BCUT2D eigenvalue weighted by molar-refractivity contribution is 7.92. The Bertz CT molecular complexity index is 496. The molecule has 108 valence electrons. The summed E-state index contributed by atoms with van der Waals surface area (Å²) in [5.41, 5.74) is 1.76. The van der Waals surface area contributed by atoms with Crippen LogP contribution in [0, 0.1) is 0 Å². The summed E-state index contributed by atoms with van der Waals surface area (Å²) >= 11 is 0. The largest absolute Gasteiger partial charge is 0.313 e. The minimum atomic E-state index is -3.29. The van der Waals surface area contributed by atoms with Crippen molar-refractivity contribution >= 4 is 15.7 Å². The molecular weight excluding hydrogens is 260 g/mol. The summed E-state index contributed by atoms with van der Waals surface area (Å²) in [5, 5.41) is 3.10. The van der Waals surface area contributed by atoms with E-state index in [0.717, 1.165) is 5.56 Å². The highest BCUT2D eigenvalue weighted by atomic mass is 32.2. The molecule has 19 heavy (non-hydrogen) atoms. The topological polar surface area (TPSA) is 58.2 Å². The van der Waals surface area contributed by atoms with E-state index < -0.39 is 10.0 Å². The molecule has 0 fully saturated rings. The van der Waals surface area contributed by atoms with Gasteiger partial charge in [-0.25, -0.2) is 8.42 Å². The molecule has 1 aromatic carbocycles. The van der Waals surface area contributed by atoms with Crippen LogP contribution in [0.15, 0.2) is 24.3 Å². The molecule has 0 heterocycles. The van der Waals surface area contributed by atoms with Crippen molar-refractivity contribution in [1.82, 2.24) is 5.32 Å². The van der Waals surface area contributed by atoms with Crippen LogP contribution in [0.3, 0.4) is 0 Å². The Kier molecular flexibility index (Phi) is 5.82. The van der Waals surface area contributed by atoms with Crippen molar-refractivity contribution in [3.05, 3.63) is 29.8 Å². The summed E-state index contributed by atoms with van der Waals surface area (Å²) < 4.78 is 26.4. The van der Waals surface area contributed by atoms with Crippen LogP contribution in [0.1, 0.15) is 39.2 Å². The number of hydrogen-bond donors (Lipinski definition) is 2. The summed E-state index contributed by atoms with van der Waals surface area (Å²) in [4.78, 5) is 0. The van der Waals surface area contributed by atoms with Gasteiger partial charge in [0.05, 0.1) is 5.75 Å². The third kappa shape index (κ3) is 6.07. The molecule has 4 nitrogen and oxygen atoms in total. The molecule has 0 saturated heterocycles. The molecule has 5 heteroatoms. The van der Waals surface area contributed by atoms with E-state index >= 15 is 0 Å². The summed E-state index contributed by atoms with van der Waals surface area (Å²) in [7, 11) is -3.29. The van der Waals surface area contributed by atoms with Crippen LogP contribution in [0.25, 0.3) is 0 Å². The zero-order valence-electron chi connectivity index (χ0n) is 12.1. The molecular formula is C14H24N2O2S. The lowest BCUT2D eigenvalue weighted by Crippen LogP contribution is -2.30. The molecule has 0 aliphatic carbocycles. The molecule has 0 unspecified atom stereocenters. The third-order valence-corrected chi connectivity index (χ3v) is 4.04. The summed E-state index contributed by atoms with van der Waals surface area (Å²) in [5.74, 6) is 0.462. The molecule has 0 atom stereocenters. The van der Waals surface area contributed by atoms with E-state index in [2.05, 4.69) is 23.9 Å². The highest BCUT2D eigenvalue weighted by Crippen LogP contribution is 2.19. The lowest BCUT2D eigenvalue weighted by atomic mass is 10.0. The Morgan fingerprint density at radius 2 is 1.84 bits per heavy atom. The van der Waals surface area contributed by atoms with Gasteiger partial charge in [0, 0.05) is 18.3 Å². The van der Waals surface area contributed by atoms with Crippen LogP contribution in [0.4, 0.5) is 5.69 Å². The lowest BCUT2D eigenvalue weighted by Gasteiger charge is -2.12. The summed E-state index contributed by atoms with van der Waals surface area (Å²) in [6.45, 7) is 8.61. The van der Waals surface area contributed by atoms with Gasteiger partial charge in [-0.05, 0) is 23.6 Å². The van der Waals surface area contributed by atoms with E-state index in [1.807, 2.05) is 32.0 Å². The molecule has 0 aliphatic heterocycles. The Morgan fingerprint density at radius 1 is 1.16 bits per heavy atom. The van der Waals surface area contributed by atoms with Crippen molar-refractivity contribution in [2.45, 2.75) is 39.7 Å². The van der Waals surface area contributed by atoms with Crippen LogP contribution < -0.4 is 10.0 Å². The van der Waals surface area contributed by atoms with Crippen molar-refractivity contribution < 1.29 is 8.42 Å². The lowest BCUT2D eigenvalue weighted by molar-refractivity contribution is 0.582. The normalized spacial score (nSPS) is 12.1. The van der Waals surface area contributed by atoms with Crippen LogP contribution in [-0.2, 0) is 10.0 Å². The second-order valence-electron chi connectivity index (χ2n) is 5.31. The average Bonchev–Trinajstić information content (AvgIpc) is 2.27. The average molecular weight is 284 g/mol. The van der Waals surface area contributed by atoms with Gasteiger partial charge in [0.1, 0.15) is 0 Å². The van der Waals surface area contributed by atoms with Gasteiger partial charge in [-0.2, -0.15) is 0 Å². The predicted octanol–water partition coefficient (Wildman–Crippen LogP) is 2.55. The standard InChI is InChI=1S/C14H24N2O2S/c1-11(2)13-6-5-7-14(10-13)16-19(17,18)9-8-15-12(3)4/h5-7,10-12,15-16H,8-9H2,1-4H3. The Hall–Kier alpha value is -1.07. The SMILES string of the molecule is CC(C)NCCS(=O)(=O)Nc1cccc(C(C)C)c1. The first-order valence-corrected chi connectivity index (χ1v) is 8.29. The second-order valence-corrected chi connectivity index (χ2v) is 7.15. The van der Waals surface area contributed by atoms with Gasteiger partial charge in [0.25, 0.3) is 0 Å². The zero-order chi connectivity index (χ0) is 14.5. The van der Waals surface area contributed by atoms with E-state index in [-0.39, 0.29) is 5.75 Å². The monoisotopic (exact) mass is 284 g/mol. The van der Waals surface area contributed by atoms with Crippen LogP contribution >= 0.6 is 0 Å². The maximum atomic E-state index is 11.9. The first kappa shape index (κ1) is 16.0. The Balaban J connectivity index is 2.65. The van der Waals surface area contributed by atoms with Gasteiger partial charge in [0.15, 0.2) is 0 Å². The number of benzene rings is 1. The van der Waals surface area contributed by atoms with E-state index in [1.54, 1.807) is 6.07 Å². The molecule has 0 aliphatic rings. The smallest absolute Gasteiger partial charge is 0.233 e. The maximum absolute atomic E-state index is 11.9. The zero-order valence-corrected chi connectivity index (χ0v) is 12.9. The van der Waals surface area contributed by atoms with E-state index in [4.69, 9.17) is 0 Å². The number of anilines is 1. The molecule has 2 N–H and O–H groups in total. The fourth-order valence-electron chi connectivity index (χ4n) is 1.67.